The fourth-order valence-corrected chi connectivity index (χ4v) is 8.16. The molecule has 3 amide bonds. The molecule has 1 aromatic heterocycles. The first-order chi connectivity index (χ1) is 25.0. The van der Waals surface area contributed by atoms with E-state index in [0.717, 1.165) is 45.6 Å². The normalized spacial score (nSPS) is 12.8. The van der Waals surface area contributed by atoms with E-state index in [1.807, 2.05) is 41.3 Å². The maximum atomic E-state index is 14.4. The molecule has 12 heteroatoms. The summed E-state index contributed by atoms with van der Waals surface area (Å²) in [5, 5.41) is 1.63. The lowest BCUT2D eigenvalue weighted by atomic mass is 9.97. The molecule has 1 aliphatic rings. The van der Waals surface area contributed by atoms with Crippen molar-refractivity contribution < 1.29 is 22.8 Å². The molecule has 270 valence electrons. The van der Waals surface area contributed by atoms with Crippen molar-refractivity contribution in [3.63, 3.8) is 0 Å². The van der Waals surface area contributed by atoms with Crippen LogP contribution in [0.15, 0.2) is 83.8 Å². The fraction of sp³-hybridized carbons (Fsp3) is 0.300. The molecule has 52 heavy (non-hydrogen) atoms. The maximum absolute atomic E-state index is 14.4. The van der Waals surface area contributed by atoms with Crippen molar-refractivity contribution in [1.82, 2.24) is 24.5 Å². The van der Waals surface area contributed by atoms with Gasteiger partial charge < -0.3 is 14.8 Å². The van der Waals surface area contributed by atoms with Crippen molar-refractivity contribution in [2.75, 3.05) is 19.6 Å². The number of carbonyl (C=O) groups is 3. The Bertz CT molecular complexity index is 2260. The minimum atomic E-state index is -4.26. The summed E-state index contributed by atoms with van der Waals surface area (Å²) < 4.78 is 30.0. The van der Waals surface area contributed by atoms with Crippen LogP contribution in [0.4, 0.5) is 0 Å². The Kier molecular flexibility index (Phi) is 11.4. The highest BCUT2D eigenvalue weighted by molar-refractivity contribution is 14.1. The van der Waals surface area contributed by atoms with Crippen molar-refractivity contribution in [2.45, 2.75) is 64.3 Å². The van der Waals surface area contributed by atoms with Gasteiger partial charge in [-0.2, -0.15) is 0 Å². The van der Waals surface area contributed by atoms with Crippen LogP contribution in [-0.4, -0.2) is 65.5 Å². The first-order valence-corrected chi connectivity index (χ1v) is 20.2. The molecule has 0 atom stereocenters. The van der Waals surface area contributed by atoms with Crippen LogP contribution in [0.1, 0.15) is 87.6 Å². The molecule has 0 radical (unpaired) electrons. The highest BCUT2D eigenvalue weighted by Gasteiger charge is 2.29. The zero-order valence-electron chi connectivity index (χ0n) is 29.5. The first kappa shape index (κ1) is 37.2. The van der Waals surface area contributed by atoms with E-state index in [0.29, 0.717) is 49.7 Å². The number of halogens is 1. The quantitative estimate of drug-likeness (QED) is 0.125. The number of amides is 3. The molecule has 0 aliphatic carbocycles. The number of imidazole rings is 1. The number of hydrogen-bond donors (Lipinski definition) is 2. The number of hydrogen-bond acceptors (Lipinski definition) is 6. The molecule has 0 bridgehead atoms. The summed E-state index contributed by atoms with van der Waals surface area (Å²) in [5.41, 5.74) is 3.64. The molecule has 5 aromatic rings. The molecule has 0 fully saturated rings. The van der Waals surface area contributed by atoms with E-state index < -0.39 is 15.9 Å². The predicted molar refractivity (Wildman–Crippen MR) is 211 cm³/mol. The van der Waals surface area contributed by atoms with Crippen LogP contribution in [-0.2, 0) is 23.0 Å². The fourth-order valence-electron chi connectivity index (χ4n) is 6.49. The highest BCUT2D eigenvalue weighted by atomic mass is 127. The number of aromatic amines is 1. The summed E-state index contributed by atoms with van der Waals surface area (Å²) in [5.74, 6) is -1.06. The lowest BCUT2D eigenvalue weighted by Gasteiger charge is -2.29. The number of rotatable bonds is 12. The van der Waals surface area contributed by atoms with Gasteiger partial charge in [-0.05, 0) is 107 Å². The molecule has 0 spiro atoms. The molecular weight excluding hydrogens is 789 g/mol. The van der Waals surface area contributed by atoms with Crippen LogP contribution in [0.3, 0.4) is 0 Å². The number of sulfonamides is 1. The zero-order valence-corrected chi connectivity index (χ0v) is 32.5. The van der Waals surface area contributed by atoms with Gasteiger partial charge in [-0.25, -0.2) is 18.1 Å². The molecule has 10 nitrogen and oxygen atoms in total. The van der Waals surface area contributed by atoms with E-state index in [1.165, 1.54) is 23.8 Å². The number of aromatic nitrogens is 2. The number of nitrogens with zero attached hydrogens (tertiary/aromatic N) is 3. The van der Waals surface area contributed by atoms with Crippen LogP contribution in [0.5, 0.6) is 0 Å². The van der Waals surface area contributed by atoms with Gasteiger partial charge in [0.15, 0.2) is 0 Å². The Morgan fingerprint density at radius 1 is 0.923 bits per heavy atom. The highest BCUT2D eigenvalue weighted by Crippen LogP contribution is 2.29. The van der Waals surface area contributed by atoms with E-state index in [9.17, 15) is 22.8 Å². The minimum Gasteiger partial charge on any atom is -0.341 e. The third kappa shape index (κ3) is 7.92. The summed E-state index contributed by atoms with van der Waals surface area (Å²) >= 11 is 2.15. The Morgan fingerprint density at radius 2 is 1.65 bits per heavy atom. The Morgan fingerprint density at radius 3 is 2.38 bits per heavy atom. The van der Waals surface area contributed by atoms with Gasteiger partial charge in [0.05, 0.1) is 10.5 Å². The van der Waals surface area contributed by atoms with Crippen LogP contribution in [0.25, 0.3) is 22.2 Å². The Hall–Kier alpha value is -4.56. The Balaban J connectivity index is 1.35. The molecule has 0 saturated heterocycles. The second-order valence-electron chi connectivity index (χ2n) is 13.1. The van der Waals surface area contributed by atoms with E-state index >= 15 is 0 Å². The van der Waals surface area contributed by atoms with Gasteiger partial charge in [0, 0.05) is 46.6 Å². The van der Waals surface area contributed by atoms with Gasteiger partial charge in [-0.3, -0.25) is 14.4 Å². The maximum Gasteiger partial charge on any atom is 0.274 e. The van der Waals surface area contributed by atoms with E-state index in [4.69, 9.17) is 4.98 Å². The topological polar surface area (TPSA) is 133 Å². The minimum absolute atomic E-state index is 0.00617. The first-order valence-electron chi connectivity index (χ1n) is 17.6. The number of H-pyrrole nitrogens is 1. The standard InChI is InChI=1S/C40H42IN5O5S/c1-4-6-20-45(21-7-5-2)40(49)36-26(3)42-37(43-36)32-18-16-29(23-34(32)39(48)46-22-19-27-11-8-9-12-30(27)25-46)38(47)44-52(50,51)31-17-15-28-13-10-14-35(41)33(28)24-31/h8-18,23-24H,4-7,19-22,25H2,1-3H3,(H,42,43)(H,44,47). The van der Waals surface area contributed by atoms with Gasteiger partial charge >= 0.3 is 0 Å². The molecular formula is C40H42IN5O5S. The SMILES string of the molecule is CCCCN(CCCC)C(=O)c1nc(-c2ccc(C(=O)NS(=O)(=O)c3ccc4cccc(I)c4c3)cc2C(=O)N2CCc3ccccc3C2)[nH]c1C. The van der Waals surface area contributed by atoms with Gasteiger partial charge in [0.25, 0.3) is 27.7 Å². The summed E-state index contributed by atoms with van der Waals surface area (Å²) in [6, 6.07) is 22.8. The lowest BCUT2D eigenvalue weighted by Crippen LogP contribution is -2.36. The summed E-state index contributed by atoms with van der Waals surface area (Å²) in [6.45, 7) is 8.05. The molecule has 6 rings (SSSR count). The number of nitrogens with one attached hydrogen (secondary N) is 2. The monoisotopic (exact) mass is 831 g/mol. The van der Waals surface area contributed by atoms with Crippen LogP contribution < -0.4 is 4.72 Å². The molecule has 0 saturated carbocycles. The molecule has 2 N–H and O–H groups in total. The number of carbonyl (C=O) groups excluding carboxylic acids is 3. The molecule has 4 aromatic carbocycles. The van der Waals surface area contributed by atoms with Crippen molar-refractivity contribution in [1.29, 1.82) is 0 Å². The van der Waals surface area contributed by atoms with Crippen LogP contribution in [0.2, 0.25) is 0 Å². The number of benzene rings is 4. The largest absolute Gasteiger partial charge is 0.341 e. The Labute approximate surface area is 318 Å². The summed E-state index contributed by atoms with van der Waals surface area (Å²) in [6.07, 6.45) is 4.34. The third-order valence-corrected chi connectivity index (χ3v) is 11.7. The van der Waals surface area contributed by atoms with Crippen molar-refractivity contribution in [2.24, 2.45) is 0 Å². The van der Waals surface area contributed by atoms with E-state index in [1.54, 1.807) is 30.0 Å². The van der Waals surface area contributed by atoms with Gasteiger partial charge in [-0.15, -0.1) is 0 Å². The lowest BCUT2D eigenvalue weighted by molar-refractivity contribution is 0.0732. The van der Waals surface area contributed by atoms with Crippen molar-refractivity contribution >= 4 is 61.1 Å². The average molecular weight is 832 g/mol. The molecule has 1 aliphatic heterocycles. The van der Waals surface area contributed by atoms with E-state index in [2.05, 4.69) is 52.2 Å². The zero-order chi connectivity index (χ0) is 37.0. The second-order valence-corrected chi connectivity index (χ2v) is 16.0. The summed E-state index contributed by atoms with van der Waals surface area (Å²) in [7, 11) is -4.26. The second kappa shape index (κ2) is 16.0. The number of fused-ring (bicyclic) bond motifs is 2. The van der Waals surface area contributed by atoms with Gasteiger partial charge in [0.2, 0.25) is 0 Å². The third-order valence-electron chi connectivity index (χ3n) is 9.46. The van der Waals surface area contributed by atoms with Crippen molar-refractivity contribution in [3.05, 3.63) is 116 Å². The number of unbranched alkanes of at least 4 members (excludes halogenated alkanes) is 2. The van der Waals surface area contributed by atoms with Crippen LogP contribution >= 0.6 is 22.6 Å². The van der Waals surface area contributed by atoms with E-state index in [-0.39, 0.29) is 33.5 Å². The smallest absolute Gasteiger partial charge is 0.274 e. The van der Waals surface area contributed by atoms with Gasteiger partial charge in [-0.1, -0.05) is 69.2 Å². The van der Waals surface area contributed by atoms with Crippen LogP contribution in [0, 0.1) is 10.5 Å². The molecule has 2 heterocycles. The van der Waals surface area contributed by atoms with Crippen molar-refractivity contribution in [3.8, 4) is 11.4 Å². The predicted octanol–water partition coefficient (Wildman–Crippen LogP) is 7.50. The van der Waals surface area contributed by atoms with Gasteiger partial charge in [0.1, 0.15) is 11.5 Å². The summed E-state index contributed by atoms with van der Waals surface area (Å²) in [4.78, 5) is 53.2. The average Bonchev–Trinajstić information content (AvgIpc) is 3.54. The number of aryl methyl sites for hydroxylation is 1. The molecule has 0 unspecified atom stereocenters.